The van der Waals surface area contributed by atoms with Crippen molar-refractivity contribution in [2.75, 3.05) is 13.7 Å². The fourth-order valence-corrected chi connectivity index (χ4v) is 2.93. The molecule has 0 aromatic heterocycles. The number of nitrogens with one attached hydrogen (secondary N) is 1. The summed E-state index contributed by atoms with van der Waals surface area (Å²) in [7, 11) is 1.59. The molecule has 1 aromatic carbocycles. The fourth-order valence-electron chi connectivity index (χ4n) is 2.93. The molecule has 1 aromatic rings. The summed E-state index contributed by atoms with van der Waals surface area (Å²) in [4.78, 5) is 26.3. The van der Waals surface area contributed by atoms with Crippen molar-refractivity contribution in [2.24, 2.45) is 0 Å². The van der Waals surface area contributed by atoms with Crippen LogP contribution in [0.1, 0.15) is 37.3 Å². The van der Waals surface area contributed by atoms with Gasteiger partial charge in [-0.1, -0.05) is 13.0 Å². The quantitative estimate of drug-likeness (QED) is 0.646. The van der Waals surface area contributed by atoms with E-state index in [0.29, 0.717) is 19.3 Å². The Morgan fingerprint density at radius 2 is 2.13 bits per heavy atom. The molecule has 0 aliphatic carbocycles. The molecule has 1 N–H and O–H groups in total. The van der Waals surface area contributed by atoms with E-state index < -0.39 is 11.6 Å². The highest BCUT2D eigenvalue weighted by Gasteiger charge is 2.50. The van der Waals surface area contributed by atoms with Crippen molar-refractivity contribution in [3.05, 3.63) is 29.3 Å². The van der Waals surface area contributed by atoms with Gasteiger partial charge in [0.05, 0.1) is 13.2 Å². The highest BCUT2D eigenvalue weighted by Crippen LogP contribution is 2.34. The van der Waals surface area contributed by atoms with Gasteiger partial charge in [0.15, 0.2) is 0 Å². The third kappa shape index (κ3) is 2.87. The first-order valence-corrected chi connectivity index (χ1v) is 7.66. The van der Waals surface area contributed by atoms with E-state index in [0.717, 1.165) is 16.9 Å². The van der Waals surface area contributed by atoms with E-state index in [-0.39, 0.29) is 12.5 Å². The number of unbranched alkanes of at least 4 members (excludes halogenated alkanes) is 1. The highest BCUT2D eigenvalue weighted by molar-refractivity contribution is 6.07. The van der Waals surface area contributed by atoms with Crippen LogP contribution in [0.5, 0.6) is 5.75 Å². The molecule has 2 rings (SSSR count). The van der Waals surface area contributed by atoms with Crippen LogP contribution in [0.15, 0.2) is 18.2 Å². The Kier molecular flexibility index (Phi) is 4.89. The first kappa shape index (κ1) is 16.8. The van der Waals surface area contributed by atoms with Crippen LogP contribution < -0.4 is 10.1 Å². The number of nitriles is 1. The van der Waals surface area contributed by atoms with Crippen molar-refractivity contribution >= 4 is 11.9 Å². The molecule has 122 valence electrons. The number of hydrogen-bond acceptors (Lipinski definition) is 4. The number of nitrogens with zero attached hydrogens (tertiary/aromatic N) is 2. The lowest BCUT2D eigenvalue weighted by Crippen LogP contribution is -2.43. The largest absolute Gasteiger partial charge is 0.496 e. The Balaban J connectivity index is 2.34. The fraction of sp³-hybridized carbons (Fsp3) is 0.471. The second-order valence-electron chi connectivity index (χ2n) is 5.59. The van der Waals surface area contributed by atoms with Crippen molar-refractivity contribution in [3.63, 3.8) is 0 Å². The number of amides is 3. The molecular formula is C17H21N3O3. The Morgan fingerprint density at radius 3 is 2.70 bits per heavy atom. The minimum absolute atomic E-state index is 0.257. The third-order valence-electron chi connectivity index (χ3n) is 4.26. The van der Waals surface area contributed by atoms with E-state index >= 15 is 0 Å². The molecule has 0 spiro atoms. The molecule has 0 saturated carbocycles. The summed E-state index contributed by atoms with van der Waals surface area (Å²) >= 11 is 0. The maximum atomic E-state index is 12.9. The van der Waals surface area contributed by atoms with Crippen molar-refractivity contribution in [3.8, 4) is 11.8 Å². The molecule has 1 aliphatic heterocycles. The molecule has 3 amide bonds. The van der Waals surface area contributed by atoms with Gasteiger partial charge in [0, 0.05) is 13.0 Å². The molecule has 1 heterocycles. The van der Waals surface area contributed by atoms with Crippen LogP contribution in [-0.4, -0.2) is 30.5 Å². The first-order chi connectivity index (χ1) is 11.0. The molecule has 0 radical (unpaired) electrons. The highest BCUT2D eigenvalue weighted by atomic mass is 16.5. The molecule has 1 unspecified atom stereocenters. The number of aryl methyl sites for hydroxylation is 1. The van der Waals surface area contributed by atoms with E-state index in [4.69, 9.17) is 10.00 Å². The summed E-state index contributed by atoms with van der Waals surface area (Å²) in [6.07, 6.45) is 1.26. The molecule has 6 heteroatoms. The van der Waals surface area contributed by atoms with E-state index in [1.165, 1.54) is 4.90 Å². The maximum absolute atomic E-state index is 12.9. The second kappa shape index (κ2) is 6.69. The van der Waals surface area contributed by atoms with Crippen LogP contribution in [0.3, 0.4) is 0 Å². The number of methoxy groups -OCH3 is 1. The van der Waals surface area contributed by atoms with Crippen LogP contribution in [0, 0.1) is 18.3 Å². The van der Waals surface area contributed by atoms with E-state index in [1.54, 1.807) is 13.2 Å². The number of benzene rings is 1. The van der Waals surface area contributed by atoms with Crippen LogP contribution in [0.2, 0.25) is 0 Å². The van der Waals surface area contributed by atoms with E-state index in [9.17, 15) is 9.59 Å². The maximum Gasteiger partial charge on any atom is 0.325 e. The van der Waals surface area contributed by atoms with E-state index in [1.807, 2.05) is 32.0 Å². The molecule has 1 fully saturated rings. The van der Waals surface area contributed by atoms with Crippen LogP contribution in [-0.2, 0) is 10.3 Å². The predicted molar refractivity (Wildman–Crippen MR) is 84.8 cm³/mol. The Labute approximate surface area is 136 Å². The summed E-state index contributed by atoms with van der Waals surface area (Å²) < 4.78 is 5.25. The lowest BCUT2D eigenvalue weighted by molar-refractivity contribution is -0.131. The Morgan fingerprint density at radius 1 is 1.39 bits per heavy atom. The zero-order valence-electron chi connectivity index (χ0n) is 13.7. The van der Waals surface area contributed by atoms with Crippen molar-refractivity contribution < 1.29 is 14.3 Å². The van der Waals surface area contributed by atoms with Gasteiger partial charge in [-0.05, 0) is 43.0 Å². The summed E-state index contributed by atoms with van der Waals surface area (Å²) in [6.45, 7) is 4.03. The molecule has 0 bridgehead atoms. The monoisotopic (exact) mass is 315 g/mol. The van der Waals surface area contributed by atoms with E-state index in [2.05, 4.69) is 5.32 Å². The molecule has 1 aliphatic rings. The van der Waals surface area contributed by atoms with Gasteiger partial charge in [0.1, 0.15) is 11.3 Å². The molecular weight excluding hydrogens is 294 g/mol. The number of ether oxygens (including phenoxy) is 1. The topological polar surface area (TPSA) is 82.4 Å². The lowest BCUT2D eigenvalue weighted by Gasteiger charge is -2.26. The average molecular weight is 315 g/mol. The molecule has 23 heavy (non-hydrogen) atoms. The number of imide groups is 1. The van der Waals surface area contributed by atoms with Gasteiger partial charge in [-0.3, -0.25) is 9.69 Å². The van der Waals surface area contributed by atoms with Gasteiger partial charge < -0.3 is 10.1 Å². The number of rotatable bonds is 6. The van der Waals surface area contributed by atoms with Crippen molar-refractivity contribution in [2.45, 2.75) is 38.6 Å². The normalized spacial score (nSPS) is 20.3. The second-order valence-corrected chi connectivity index (χ2v) is 5.59. The minimum Gasteiger partial charge on any atom is -0.496 e. The zero-order chi connectivity index (χ0) is 17.0. The van der Waals surface area contributed by atoms with Gasteiger partial charge in [0.2, 0.25) is 0 Å². The van der Waals surface area contributed by atoms with Gasteiger partial charge in [0.25, 0.3) is 5.91 Å². The van der Waals surface area contributed by atoms with Gasteiger partial charge in [-0.2, -0.15) is 5.26 Å². The standard InChI is InChI=1S/C17H21N3O3/c1-4-17(13-7-8-14(23-3)12(2)11-13)15(21)20(16(22)19-17)10-6-5-9-18/h7-8,11H,4-6,10H2,1-3H3,(H,19,22). The summed E-state index contributed by atoms with van der Waals surface area (Å²) in [5, 5.41) is 11.5. The number of carbonyl (C=O) groups is 2. The zero-order valence-corrected chi connectivity index (χ0v) is 13.7. The van der Waals surface area contributed by atoms with Gasteiger partial charge >= 0.3 is 6.03 Å². The summed E-state index contributed by atoms with van der Waals surface area (Å²) in [6, 6.07) is 7.12. The number of urea groups is 1. The SMILES string of the molecule is CCC1(c2ccc(OC)c(C)c2)NC(=O)N(CCCC#N)C1=O. The lowest BCUT2D eigenvalue weighted by atomic mass is 9.86. The smallest absolute Gasteiger partial charge is 0.325 e. The first-order valence-electron chi connectivity index (χ1n) is 7.66. The van der Waals surface area contributed by atoms with Gasteiger partial charge in [-0.25, -0.2) is 4.79 Å². The number of hydrogen-bond donors (Lipinski definition) is 1. The third-order valence-corrected chi connectivity index (χ3v) is 4.26. The predicted octanol–water partition coefficient (Wildman–Crippen LogP) is 2.46. The summed E-state index contributed by atoms with van der Waals surface area (Å²) in [5.41, 5.74) is 0.614. The average Bonchev–Trinajstić information content (AvgIpc) is 2.80. The molecule has 6 nitrogen and oxygen atoms in total. The van der Waals surface area contributed by atoms with Crippen LogP contribution >= 0.6 is 0 Å². The van der Waals surface area contributed by atoms with Crippen LogP contribution in [0.4, 0.5) is 4.79 Å². The van der Waals surface area contributed by atoms with Crippen LogP contribution in [0.25, 0.3) is 0 Å². The molecule has 1 atom stereocenters. The summed E-state index contributed by atoms with van der Waals surface area (Å²) in [5.74, 6) is 0.482. The van der Waals surface area contributed by atoms with Gasteiger partial charge in [-0.15, -0.1) is 0 Å². The minimum atomic E-state index is -1.04. The van der Waals surface area contributed by atoms with Crippen molar-refractivity contribution in [1.29, 1.82) is 5.26 Å². The number of carbonyl (C=O) groups excluding carboxylic acids is 2. The molecule has 1 saturated heterocycles. The van der Waals surface area contributed by atoms with Crippen molar-refractivity contribution in [1.82, 2.24) is 10.2 Å². The Hall–Kier alpha value is -2.55. The Bertz CT molecular complexity index is 666.